The average molecular weight is 262 g/mol. The molecule has 0 fully saturated rings. The maximum absolute atomic E-state index is 11.9. The number of carbonyl (C=O) groups excluding carboxylic acids is 1. The molecule has 1 heterocycles. The largest absolute Gasteiger partial charge is 0.374 e. The highest BCUT2D eigenvalue weighted by molar-refractivity contribution is 7.16. The fraction of sp³-hybridized carbons (Fsp3) is 0.250. The van der Waals surface area contributed by atoms with Gasteiger partial charge in [0.05, 0.1) is 6.04 Å². The molecule has 2 rings (SSSR count). The lowest BCUT2D eigenvalue weighted by Gasteiger charge is -2.16. The van der Waals surface area contributed by atoms with Gasteiger partial charge in [0, 0.05) is 0 Å². The zero-order chi connectivity index (χ0) is 13.0. The lowest BCUT2D eigenvalue weighted by molar-refractivity contribution is 0.0934. The van der Waals surface area contributed by atoms with E-state index in [1.165, 1.54) is 0 Å². The van der Waals surface area contributed by atoms with Crippen LogP contribution in [-0.4, -0.2) is 16.1 Å². The molecule has 1 aromatic heterocycles. The van der Waals surface area contributed by atoms with Crippen LogP contribution in [0.1, 0.15) is 34.8 Å². The number of amides is 1. The summed E-state index contributed by atoms with van der Waals surface area (Å²) < 4.78 is 0. The zero-order valence-electron chi connectivity index (χ0n) is 9.96. The van der Waals surface area contributed by atoms with E-state index in [1.54, 1.807) is 0 Å². The van der Waals surface area contributed by atoms with Gasteiger partial charge in [-0.2, -0.15) is 0 Å². The van der Waals surface area contributed by atoms with Crippen LogP contribution in [0.2, 0.25) is 0 Å². The number of anilines is 1. The molecule has 0 saturated carbocycles. The fourth-order valence-corrected chi connectivity index (χ4v) is 2.17. The predicted octanol–water partition coefficient (Wildman–Crippen LogP) is 2.00. The van der Waals surface area contributed by atoms with Crippen molar-refractivity contribution in [3.63, 3.8) is 0 Å². The van der Waals surface area contributed by atoms with Gasteiger partial charge in [0.25, 0.3) is 5.91 Å². The Morgan fingerprint density at radius 3 is 2.67 bits per heavy atom. The van der Waals surface area contributed by atoms with Crippen molar-refractivity contribution < 1.29 is 4.79 Å². The SMILES string of the molecule is CCC(NC(=O)c1nnc(N)s1)c1ccccc1. The van der Waals surface area contributed by atoms with Crippen molar-refractivity contribution in [2.75, 3.05) is 5.73 Å². The molecule has 0 aliphatic carbocycles. The van der Waals surface area contributed by atoms with E-state index in [4.69, 9.17) is 5.73 Å². The number of hydrogen-bond acceptors (Lipinski definition) is 5. The second-order valence-corrected chi connectivity index (χ2v) is 4.80. The third-order valence-corrected chi connectivity index (χ3v) is 3.30. The number of rotatable bonds is 4. The normalized spacial score (nSPS) is 12.1. The quantitative estimate of drug-likeness (QED) is 0.883. The first-order chi connectivity index (χ1) is 8.70. The Kier molecular flexibility index (Phi) is 3.88. The molecule has 18 heavy (non-hydrogen) atoms. The van der Waals surface area contributed by atoms with Crippen LogP contribution < -0.4 is 11.1 Å². The first kappa shape index (κ1) is 12.5. The third kappa shape index (κ3) is 2.84. The number of benzene rings is 1. The summed E-state index contributed by atoms with van der Waals surface area (Å²) in [4.78, 5) is 11.9. The summed E-state index contributed by atoms with van der Waals surface area (Å²) in [6.07, 6.45) is 0.810. The number of carbonyl (C=O) groups is 1. The molecule has 0 aliphatic rings. The maximum Gasteiger partial charge on any atom is 0.282 e. The molecule has 0 bridgehead atoms. The van der Waals surface area contributed by atoms with Gasteiger partial charge in [-0.3, -0.25) is 4.79 Å². The van der Waals surface area contributed by atoms with Crippen molar-refractivity contribution in [3.8, 4) is 0 Å². The van der Waals surface area contributed by atoms with Crippen molar-refractivity contribution in [2.45, 2.75) is 19.4 Å². The molecule has 1 aromatic carbocycles. The second kappa shape index (κ2) is 5.59. The number of nitrogen functional groups attached to an aromatic ring is 1. The van der Waals surface area contributed by atoms with Crippen LogP contribution in [0, 0.1) is 0 Å². The topological polar surface area (TPSA) is 80.9 Å². The molecule has 3 N–H and O–H groups in total. The minimum absolute atomic E-state index is 0.0242. The highest BCUT2D eigenvalue weighted by atomic mass is 32.1. The van der Waals surface area contributed by atoms with Crippen LogP contribution in [0.5, 0.6) is 0 Å². The summed E-state index contributed by atoms with van der Waals surface area (Å²) in [5.74, 6) is -0.236. The van der Waals surface area contributed by atoms with Crippen molar-refractivity contribution >= 4 is 22.4 Å². The molecule has 1 atom stereocenters. The van der Waals surface area contributed by atoms with Crippen molar-refractivity contribution in [3.05, 3.63) is 40.9 Å². The summed E-state index contributed by atoms with van der Waals surface area (Å²) in [5.41, 5.74) is 6.53. The molecule has 2 aromatic rings. The molecule has 6 heteroatoms. The Morgan fingerprint density at radius 2 is 2.11 bits per heavy atom. The minimum Gasteiger partial charge on any atom is -0.374 e. The summed E-state index contributed by atoms with van der Waals surface area (Å²) in [7, 11) is 0. The summed E-state index contributed by atoms with van der Waals surface area (Å²) >= 11 is 1.09. The molecule has 0 saturated heterocycles. The Bertz CT molecular complexity index is 526. The van der Waals surface area contributed by atoms with Crippen molar-refractivity contribution in [2.24, 2.45) is 0 Å². The lowest BCUT2D eigenvalue weighted by atomic mass is 10.0. The lowest BCUT2D eigenvalue weighted by Crippen LogP contribution is -2.28. The number of nitrogens with zero attached hydrogens (tertiary/aromatic N) is 2. The Morgan fingerprint density at radius 1 is 1.39 bits per heavy atom. The fourth-order valence-electron chi connectivity index (χ4n) is 1.65. The van der Waals surface area contributed by atoms with Gasteiger partial charge in [0.2, 0.25) is 10.1 Å². The number of nitrogens with two attached hydrogens (primary N) is 1. The predicted molar refractivity (Wildman–Crippen MR) is 71.3 cm³/mol. The molecule has 0 radical (unpaired) electrons. The van der Waals surface area contributed by atoms with Crippen LogP contribution in [-0.2, 0) is 0 Å². The third-order valence-electron chi connectivity index (χ3n) is 2.55. The Balaban J connectivity index is 2.10. The number of aromatic nitrogens is 2. The van der Waals surface area contributed by atoms with E-state index in [0.29, 0.717) is 10.1 Å². The van der Waals surface area contributed by atoms with E-state index in [0.717, 1.165) is 23.3 Å². The summed E-state index contributed by atoms with van der Waals surface area (Å²) in [5, 5.41) is 10.9. The van der Waals surface area contributed by atoms with Crippen LogP contribution in [0.3, 0.4) is 0 Å². The van der Waals surface area contributed by atoms with E-state index in [-0.39, 0.29) is 11.9 Å². The van der Waals surface area contributed by atoms with Gasteiger partial charge in [-0.15, -0.1) is 10.2 Å². The molecule has 0 aliphatic heterocycles. The van der Waals surface area contributed by atoms with E-state index in [9.17, 15) is 4.79 Å². The number of nitrogens with one attached hydrogen (secondary N) is 1. The first-order valence-corrected chi connectivity index (χ1v) is 6.47. The average Bonchev–Trinajstić information content (AvgIpc) is 2.83. The van der Waals surface area contributed by atoms with Crippen molar-refractivity contribution in [1.29, 1.82) is 0 Å². The van der Waals surface area contributed by atoms with Gasteiger partial charge < -0.3 is 11.1 Å². The van der Waals surface area contributed by atoms with Crippen LogP contribution >= 0.6 is 11.3 Å². The smallest absolute Gasteiger partial charge is 0.282 e. The Hall–Kier alpha value is -1.95. The number of hydrogen-bond donors (Lipinski definition) is 2. The highest BCUT2D eigenvalue weighted by Gasteiger charge is 2.16. The van der Waals surface area contributed by atoms with Gasteiger partial charge in [-0.05, 0) is 12.0 Å². The van der Waals surface area contributed by atoms with Crippen LogP contribution in [0.15, 0.2) is 30.3 Å². The molecule has 1 unspecified atom stereocenters. The van der Waals surface area contributed by atoms with Gasteiger partial charge in [0.1, 0.15) is 0 Å². The van der Waals surface area contributed by atoms with Crippen LogP contribution in [0.25, 0.3) is 0 Å². The summed E-state index contributed by atoms with van der Waals surface area (Å²) in [6.45, 7) is 2.02. The molecule has 1 amide bonds. The Labute approximate surface area is 109 Å². The van der Waals surface area contributed by atoms with Gasteiger partial charge >= 0.3 is 0 Å². The second-order valence-electron chi connectivity index (χ2n) is 3.79. The monoisotopic (exact) mass is 262 g/mol. The van der Waals surface area contributed by atoms with Gasteiger partial charge in [-0.25, -0.2) is 0 Å². The van der Waals surface area contributed by atoms with E-state index >= 15 is 0 Å². The zero-order valence-corrected chi connectivity index (χ0v) is 10.8. The molecule has 5 nitrogen and oxygen atoms in total. The summed E-state index contributed by atoms with van der Waals surface area (Å²) in [6, 6.07) is 9.80. The van der Waals surface area contributed by atoms with E-state index in [2.05, 4.69) is 15.5 Å². The van der Waals surface area contributed by atoms with Crippen LogP contribution in [0.4, 0.5) is 5.13 Å². The maximum atomic E-state index is 11.9. The molecular weight excluding hydrogens is 248 g/mol. The standard InChI is InChI=1S/C12H14N4OS/c1-2-9(8-6-4-3-5-7-8)14-10(17)11-15-16-12(13)18-11/h3-7,9H,2H2,1H3,(H2,13,16)(H,14,17). The molecular formula is C12H14N4OS. The highest BCUT2D eigenvalue weighted by Crippen LogP contribution is 2.18. The van der Waals surface area contributed by atoms with Gasteiger partial charge in [0.15, 0.2) is 0 Å². The molecule has 94 valence electrons. The first-order valence-electron chi connectivity index (χ1n) is 5.65. The van der Waals surface area contributed by atoms with E-state index < -0.39 is 0 Å². The molecule has 0 spiro atoms. The van der Waals surface area contributed by atoms with Crippen molar-refractivity contribution in [1.82, 2.24) is 15.5 Å². The van der Waals surface area contributed by atoms with Gasteiger partial charge in [-0.1, -0.05) is 48.6 Å². The van der Waals surface area contributed by atoms with E-state index in [1.807, 2.05) is 37.3 Å². The minimum atomic E-state index is -0.236.